The van der Waals surface area contributed by atoms with Crippen molar-refractivity contribution in [2.75, 3.05) is 6.61 Å². The van der Waals surface area contributed by atoms with Gasteiger partial charge in [-0.2, -0.15) is 8.42 Å². The Bertz CT molecular complexity index is 1180. The van der Waals surface area contributed by atoms with Crippen LogP contribution < -0.4 is 5.32 Å². The molecule has 0 spiro atoms. The first-order valence-electron chi connectivity index (χ1n) is 11.0. The number of carbonyl (C=O) groups excluding carboxylic acids is 3. The maximum Gasteiger partial charge on any atom is 0.303 e. The summed E-state index contributed by atoms with van der Waals surface area (Å²) in [6.45, 7) is 3.31. The van der Waals surface area contributed by atoms with E-state index in [0.29, 0.717) is 0 Å². The molecule has 3 rings (SSSR count). The fraction of sp³-hybridized carbons (Fsp3) is 0.375. The Morgan fingerprint density at radius 2 is 1.53 bits per heavy atom. The first-order valence-corrected chi connectivity index (χ1v) is 12.4. The topological polar surface area (TPSA) is 155 Å². The van der Waals surface area contributed by atoms with Crippen molar-refractivity contribution in [2.45, 2.75) is 56.3 Å². The second kappa shape index (κ2) is 11.6. The molecule has 0 aromatic heterocycles. The zero-order valence-electron chi connectivity index (χ0n) is 19.8. The summed E-state index contributed by atoms with van der Waals surface area (Å²) in [4.78, 5) is 36.4. The molecule has 1 aliphatic rings. The van der Waals surface area contributed by atoms with Gasteiger partial charge in [-0.05, 0) is 31.2 Å². The quantitative estimate of drug-likeness (QED) is 0.381. The van der Waals surface area contributed by atoms with Gasteiger partial charge in [0, 0.05) is 19.4 Å². The van der Waals surface area contributed by atoms with Crippen LogP contribution in [0.3, 0.4) is 0 Å². The predicted molar refractivity (Wildman–Crippen MR) is 124 cm³/mol. The lowest BCUT2D eigenvalue weighted by Crippen LogP contribution is -2.66. The summed E-state index contributed by atoms with van der Waals surface area (Å²) >= 11 is 0. The largest absolute Gasteiger partial charge is 0.457 e. The van der Waals surface area contributed by atoms with E-state index in [1.54, 1.807) is 37.3 Å². The van der Waals surface area contributed by atoms with Crippen LogP contribution in [0.2, 0.25) is 0 Å². The number of amides is 1. The van der Waals surface area contributed by atoms with E-state index < -0.39 is 65.2 Å². The minimum atomic E-state index is -4.24. The summed E-state index contributed by atoms with van der Waals surface area (Å²) in [6, 6.07) is 12.7. The number of benzene rings is 2. The van der Waals surface area contributed by atoms with Crippen LogP contribution in [0, 0.1) is 6.92 Å². The van der Waals surface area contributed by atoms with Gasteiger partial charge < -0.3 is 24.6 Å². The van der Waals surface area contributed by atoms with E-state index in [-0.39, 0.29) is 10.5 Å². The molecule has 2 N–H and O–H groups in total. The number of ether oxygens (including phenoxy) is 3. The third-order valence-electron chi connectivity index (χ3n) is 5.30. The lowest BCUT2D eigenvalue weighted by molar-refractivity contribution is -0.268. The molecule has 1 amide bonds. The Balaban J connectivity index is 1.89. The number of aliphatic hydroxyl groups is 1. The smallest absolute Gasteiger partial charge is 0.303 e. The molecular weight excluding hydrogens is 494 g/mol. The average Bonchev–Trinajstić information content (AvgIpc) is 2.82. The van der Waals surface area contributed by atoms with Crippen LogP contribution in [0.25, 0.3) is 0 Å². The van der Waals surface area contributed by atoms with Crippen LogP contribution in [-0.2, 0) is 38.1 Å². The van der Waals surface area contributed by atoms with Crippen LogP contribution in [0.15, 0.2) is 59.5 Å². The minimum Gasteiger partial charge on any atom is -0.457 e. The first-order chi connectivity index (χ1) is 17.0. The van der Waals surface area contributed by atoms with Crippen molar-refractivity contribution in [1.82, 2.24) is 5.32 Å². The number of esters is 2. The second-order valence-electron chi connectivity index (χ2n) is 8.13. The van der Waals surface area contributed by atoms with Gasteiger partial charge >= 0.3 is 11.9 Å². The van der Waals surface area contributed by atoms with Crippen molar-refractivity contribution in [3.8, 4) is 0 Å². The lowest BCUT2D eigenvalue weighted by Gasteiger charge is -2.43. The van der Waals surface area contributed by atoms with Gasteiger partial charge in [-0.25, -0.2) is 0 Å². The maximum absolute atomic E-state index is 12.9. The molecule has 5 atom stereocenters. The molecule has 0 radical (unpaired) electrons. The van der Waals surface area contributed by atoms with E-state index >= 15 is 0 Å². The molecule has 0 saturated carbocycles. The summed E-state index contributed by atoms with van der Waals surface area (Å²) in [5.74, 6) is -2.19. The fourth-order valence-electron chi connectivity index (χ4n) is 3.65. The lowest BCUT2D eigenvalue weighted by atomic mass is 9.95. The Labute approximate surface area is 208 Å². The molecule has 36 heavy (non-hydrogen) atoms. The standard InChI is InChI=1S/C24H27NO10S/c1-14-9-11-18(12-10-14)36(30,31)32-13-19-21(33-15(2)26)20(22(24(29)35-19)34-16(3)27)25-23(28)17-7-5-4-6-8-17/h4-12,19-22,24,29H,13H2,1-3H3,(H,25,28)/t19-,20+,21-,22+,24+/m0/s1. The highest BCUT2D eigenvalue weighted by molar-refractivity contribution is 7.86. The number of rotatable bonds is 8. The SMILES string of the molecule is CC(=O)O[C@@H]1[C@H](NC(=O)c2ccccc2)[C@@H](OC(C)=O)[C@H](COS(=O)(=O)c2ccc(C)cc2)O[C@H]1O. The van der Waals surface area contributed by atoms with E-state index in [1.165, 1.54) is 24.3 Å². The molecule has 2 aromatic rings. The van der Waals surface area contributed by atoms with E-state index in [1.807, 2.05) is 0 Å². The van der Waals surface area contributed by atoms with Crippen molar-refractivity contribution in [3.05, 3.63) is 65.7 Å². The monoisotopic (exact) mass is 521 g/mol. The van der Waals surface area contributed by atoms with Gasteiger partial charge in [0.1, 0.15) is 12.1 Å². The predicted octanol–water partition coefficient (Wildman–Crippen LogP) is 1.08. The van der Waals surface area contributed by atoms with Crippen molar-refractivity contribution >= 4 is 28.0 Å². The Kier molecular flexibility index (Phi) is 8.79. The molecule has 12 heteroatoms. The van der Waals surface area contributed by atoms with Crippen LogP contribution >= 0.6 is 0 Å². The van der Waals surface area contributed by atoms with Crippen molar-refractivity contribution in [3.63, 3.8) is 0 Å². The van der Waals surface area contributed by atoms with Crippen molar-refractivity contribution in [2.24, 2.45) is 0 Å². The minimum absolute atomic E-state index is 0.111. The van der Waals surface area contributed by atoms with Gasteiger partial charge in [0.15, 0.2) is 18.5 Å². The number of aryl methyl sites for hydroxylation is 1. The molecule has 1 saturated heterocycles. The zero-order valence-corrected chi connectivity index (χ0v) is 20.6. The third-order valence-corrected chi connectivity index (χ3v) is 6.60. The molecule has 1 heterocycles. The first kappa shape index (κ1) is 27.3. The molecule has 0 aliphatic carbocycles. The fourth-order valence-corrected chi connectivity index (χ4v) is 4.56. The van der Waals surface area contributed by atoms with Gasteiger partial charge in [-0.1, -0.05) is 35.9 Å². The van der Waals surface area contributed by atoms with Crippen LogP contribution in [0.4, 0.5) is 0 Å². The van der Waals surface area contributed by atoms with Gasteiger partial charge in [0.05, 0.1) is 11.5 Å². The number of aliphatic hydroxyl groups excluding tert-OH is 1. The molecule has 1 aliphatic heterocycles. The summed E-state index contributed by atoms with van der Waals surface area (Å²) in [6.07, 6.45) is -5.99. The molecule has 0 bridgehead atoms. The highest BCUT2D eigenvalue weighted by Crippen LogP contribution is 2.27. The van der Waals surface area contributed by atoms with Gasteiger partial charge in [0.2, 0.25) is 0 Å². The molecule has 0 unspecified atom stereocenters. The van der Waals surface area contributed by atoms with Gasteiger partial charge in [-0.3, -0.25) is 18.6 Å². The number of hydrogen-bond acceptors (Lipinski definition) is 10. The number of nitrogens with one attached hydrogen (secondary N) is 1. The average molecular weight is 522 g/mol. The van der Waals surface area contributed by atoms with Crippen molar-refractivity contribution < 1.29 is 46.3 Å². The number of carbonyl (C=O) groups is 3. The van der Waals surface area contributed by atoms with Gasteiger partial charge in [-0.15, -0.1) is 0 Å². The molecule has 1 fully saturated rings. The maximum atomic E-state index is 12.9. The third kappa shape index (κ3) is 6.88. The summed E-state index contributed by atoms with van der Waals surface area (Å²) in [7, 11) is -4.24. The molecular formula is C24H27NO10S. The summed E-state index contributed by atoms with van der Waals surface area (Å²) < 4.78 is 46.4. The van der Waals surface area contributed by atoms with E-state index in [0.717, 1.165) is 19.4 Å². The van der Waals surface area contributed by atoms with E-state index in [2.05, 4.69) is 5.32 Å². The Hall–Kier alpha value is -3.32. The summed E-state index contributed by atoms with van der Waals surface area (Å²) in [5.41, 5.74) is 1.09. The molecule has 11 nitrogen and oxygen atoms in total. The Morgan fingerprint density at radius 3 is 2.11 bits per heavy atom. The number of hydrogen-bond donors (Lipinski definition) is 2. The van der Waals surface area contributed by atoms with E-state index in [9.17, 15) is 27.9 Å². The Morgan fingerprint density at radius 1 is 0.944 bits per heavy atom. The summed E-state index contributed by atoms with van der Waals surface area (Å²) in [5, 5.41) is 13.2. The van der Waals surface area contributed by atoms with Gasteiger partial charge in [0.25, 0.3) is 16.0 Å². The highest BCUT2D eigenvalue weighted by Gasteiger charge is 2.50. The normalized spacial score (nSPS) is 23.9. The van der Waals surface area contributed by atoms with E-state index in [4.69, 9.17) is 18.4 Å². The van der Waals surface area contributed by atoms with Crippen molar-refractivity contribution in [1.29, 1.82) is 0 Å². The second-order valence-corrected chi connectivity index (χ2v) is 9.75. The molecule has 194 valence electrons. The van der Waals surface area contributed by atoms with Crippen LogP contribution in [0.1, 0.15) is 29.8 Å². The van der Waals surface area contributed by atoms with Crippen LogP contribution in [-0.4, -0.2) is 68.6 Å². The zero-order chi connectivity index (χ0) is 26.5. The van der Waals surface area contributed by atoms with Crippen LogP contribution in [0.5, 0.6) is 0 Å². The highest BCUT2D eigenvalue weighted by atomic mass is 32.2. The molecule has 2 aromatic carbocycles.